The third kappa shape index (κ3) is 3.11. The van der Waals surface area contributed by atoms with Gasteiger partial charge in [0.25, 0.3) is 0 Å². The first kappa shape index (κ1) is 16.8. The molecule has 134 valence electrons. The van der Waals surface area contributed by atoms with Crippen LogP contribution in [0.3, 0.4) is 0 Å². The summed E-state index contributed by atoms with van der Waals surface area (Å²) >= 11 is 6.24. The fourth-order valence-corrected chi connectivity index (χ4v) is 3.41. The first-order valence-electron chi connectivity index (χ1n) is 8.45. The molecule has 4 rings (SSSR count). The Morgan fingerprint density at radius 1 is 1.31 bits per heavy atom. The van der Waals surface area contributed by atoms with Gasteiger partial charge in [0.1, 0.15) is 18.0 Å². The van der Waals surface area contributed by atoms with Gasteiger partial charge in [0.05, 0.1) is 27.5 Å². The van der Waals surface area contributed by atoms with Gasteiger partial charge in [-0.2, -0.15) is 0 Å². The number of para-hydroxylation sites is 1. The number of fused-ring (bicyclic) bond motifs is 1. The van der Waals surface area contributed by atoms with Crippen LogP contribution in [-0.2, 0) is 4.74 Å². The Hall–Kier alpha value is -2.64. The van der Waals surface area contributed by atoms with Crippen molar-refractivity contribution in [3.05, 3.63) is 46.9 Å². The number of anilines is 2. The number of ether oxygens (including phenoxy) is 1. The highest BCUT2D eigenvalue weighted by Crippen LogP contribution is 2.27. The Kier molecular flexibility index (Phi) is 4.48. The van der Waals surface area contributed by atoms with Crippen LogP contribution in [-0.4, -0.2) is 39.9 Å². The summed E-state index contributed by atoms with van der Waals surface area (Å²) in [6.45, 7) is 1.43. The van der Waals surface area contributed by atoms with E-state index in [1.807, 2.05) is 24.3 Å². The highest BCUT2D eigenvalue weighted by molar-refractivity contribution is 6.35. The maximum atomic E-state index is 8.67. The molecular weight excluding hydrogens is 352 g/mol. The zero-order valence-electron chi connectivity index (χ0n) is 14.1. The molecule has 0 amide bonds. The van der Waals surface area contributed by atoms with Crippen molar-refractivity contribution in [2.45, 2.75) is 18.9 Å². The van der Waals surface area contributed by atoms with Gasteiger partial charge in [-0.3, -0.25) is 5.41 Å². The largest absolute Gasteiger partial charge is 0.383 e. The molecule has 1 fully saturated rings. The second-order valence-electron chi connectivity index (χ2n) is 6.28. The number of nitrogen functional groups attached to an aromatic ring is 1. The van der Waals surface area contributed by atoms with Gasteiger partial charge in [0.15, 0.2) is 0 Å². The van der Waals surface area contributed by atoms with E-state index in [0.717, 1.165) is 23.7 Å². The summed E-state index contributed by atoms with van der Waals surface area (Å²) in [4.78, 5) is 11.6. The van der Waals surface area contributed by atoms with Gasteiger partial charge in [0.2, 0.25) is 0 Å². The predicted octanol–water partition coefficient (Wildman–Crippen LogP) is 3.20. The minimum Gasteiger partial charge on any atom is -0.383 e. The van der Waals surface area contributed by atoms with Crippen molar-refractivity contribution in [1.82, 2.24) is 15.0 Å². The van der Waals surface area contributed by atoms with Crippen LogP contribution in [0.5, 0.6) is 0 Å². The third-order valence-corrected chi connectivity index (χ3v) is 4.88. The third-order valence-electron chi connectivity index (χ3n) is 4.56. The molecule has 0 spiro atoms. The molecule has 0 radical (unpaired) electrons. The topological polar surface area (TPSA) is 113 Å². The van der Waals surface area contributed by atoms with Gasteiger partial charge in [-0.1, -0.05) is 23.7 Å². The van der Waals surface area contributed by atoms with Crippen LogP contribution in [0.25, 0.3) is 10.9 Å². The molecule has 7 nitrogen and oxygen atoms in total. The molecule has 1 aliphatic rings. The number of benzene rings is 1. The summed E-state index contributed by atoms with van der Waals surface area (Å²) in [5.41, 5.74) is 8.22. The van der Waals surface area contributed by atoms with E-state index in [9.17, 15) is 0 Å². The average molecular weight is 371 g/mol. The molecule has 8 heteroatoms. The van der Waals surface area contributed by atoms with E-state index in [1.165, 1.54) is 6.33 Å². The molecule has 0 atom stereocenters. The molecule has 1 saturated heterocycles. The van der Waals surface area contributed by atoms with Gasteiger partial charge >= 0.3 is 0 Å². The number of nitrogens with two attached hydrogens (primary N) is 1. The normalized spacial score (nSPS) is 15.3. The molecule has 5 N–H and O–H groups in total. The van der Waals surface area contributed by atoms with Gasteiger partial charge in [-0.15, -0.1) is 0 Å². The number of aromatic amines is 1. The van der Waals surface area contributed by atoms with Crippen LogP contribution in [0.4, 0.5) is 11.6 Å². The van der Waals surface area contributed by atoms with Crippen LogP contribution in [0.15, 0.2) is 30.6 Å². The van der Waals surface area contributed by atoms with E-state index in [2.05, 4.69) is 20.3 Å². The van der Waals surface area contributed by atoms with E-state index in [4.69, 9.17) is 27.5 Å². The maximum absolute atomic E-state index is 8.67. The van der Waals surface area contributed by atoms with Crippen molar-refractivity contribution in [2.75, 3.05) is 24.3 Å². The minimum absolute atomic E-state index is 0.227. The van der Waals surface area contributed by atoms with Gasteiger partial charge in [-0.25, -0.2) is 9.97 Å². The predicted molar refractivity (Wildman–Crippen MR) is 103 cm³/mol. The van der Waals surface area contributed by atoms with E-state index >= 15 is 0 Å². The van der Waals surface area contributed by atoms with E-state index in [0.29, 0.717) is 35.3 Å². The first-order valence-corrected chi connectivity index (χ1v) is 8.82. The smallest absolute Gasteiger partial charge is 0.141 e. The lowest BCUT2D eigenvalue weighted by Crippen LogP contribution is -2.29. The Morgan fingerprint density at radius 2 is 2.12 bits per heavy atom. The van der Waals surface area contributed by atoms with E-state index in [-0.39, 0.29) is 17.6 Å². The molecule has 2 aromatic heterocycles. The van der Waals surface area contributed by atoms with Crippen molar-refractivity contribution in [2.24, 2.45) is 0 Å². The summed E-state index contributed by atoms with van der Waals surface area (Å²) in [6.07, 6.45) is 3.19. The highest BCUT2D eigenvalue weighted by Gasteiger charge is 2.21. The fourth-order valence-electron chi connectivity index (χ4n) is 3.18. The minimum atomic E-state index is 0.227. The van der Waals surface area contributed by atoms with Gasteiger partial charge in [-0.05, 0) is 25.0 Å². The molecular formula is C18H19ClN6O. The Bertz CT molecular complexity index is 963. The van der Waals surface area contributed by atoms with Crippen molar-refractivity contribution < 1.29 is 4.74 Å². The summed E-state index contributed by atoms with van der Waals surface area (Å²) in [6, 6.07) is 7.76. The lowest BCUT2D eigenvalue weighted by molar-refractivity contribution is 0.0904. The SMILES string of the molecule is N=C(c1cc2cccc(Cl)c2[nH]1)c1c(N)ncnc1NC1CCOCC1. The molecule has 3 aromatic rings. The molecule has 0 saturated carbocycles. The molecule has 1 aliphatic heterocycles. The summed E-state index contributed by atoms with van der Waals surface area (Å²) < 4.78 is 5.40. The van der Waals surface area contributed by atoms with Gasteiger partial charge < -0.3 is 20.8 Å². The van der Waals surface area contributed by atoms with Crippen LogP contribution < -0.4 is 11.1 Å². The van der Waals surface area contributed by atoms with E-state index in [1.54, 1.807) is 0 Å². The lowest BCUT2D eigenvalue weighted by atomic mass is 10.1. The monoisotopic (exact) mass is 370 g/mol. The van der Waals surface area contributed by atoms with Gasteiger partial charge in [0, 0.05) is 24.6 Å². The second kappa shape index (κ2) is 6.93. The van der Waals surface area contributed by atoms with Crippen molar-refractivity contribution in [1.29, 1.82) is 5.41 Å². The van der Waals surface area contributed by atoms with E-state index < -0.39 is 0 Å². The number of nitrogens with zero attached hydrogens (tertiary/aromatic N) is 2. The number of nitrogens with one attached hydrogen (secondary N) is 3. The average Bonchev–Trinajstić information content (AvgIpc) is 3.08. The molecule has 3 heterocycles. The van der Waals surface area contributed by atoms with Crippen LogP contribution in [0.2, 0.25) is 5.02 Å². The molecule has 0 unspecified atom stereocenters. The number of rotatable bonds is 4. The fraction of sp³-hybridized carbons (Fsp3) is 0.278. The number of halogens is 1. The van der Waals surface area contributed by atoms with Crippen molar-refractivity contribution in [3.63, 3.8) is 0 Å². The number of H-pyrrole nitrogens is 1. The van der Waals surface area contributed by atoms with Crippen LogP contribution >= 0.6 is 11.6 Å². The quantitative estimate of drug-likeness (QED) is 0.527. The maximum Gasteiger partial charge on any atom is 0.141 e. The highest BCUT2D eigenvalue weighted by atomic mass is 35.5. The number of hydrogen-bond donors (Lipinski definition) is 4. The lowest BCUT2D eigenvalue weighted by Gasteiger charge is -2.24. The second-order valence-corrected chi connectivity index (χ2v) is 6.68. The molecule has 26 heavy (non-hydrogen) atoms. The number of aromatic nitrogens is 3. The van der Waals surface area contributed by atoms with Crippen molar-refractivity contribution in [3.8, 4) is 0 Å². The molecule has 0 aliphatic carbocycles. The standard InChI is InChI=1S/C18H19ClN6O/c19-12-3-1-2-10-8-13(25-16(10)12)15(20)14-17(21)22-9-23-18(14)24-11-4-6-26-7-5-11/h1-3,8-9,11,20,25H,4-7H2,(H3,21,22,23,24). The summed E-state index contributed by atoms with van der Waals surface area (Å²) in [7, 11) is 0. The Morgan fingerprint density at radius 3 is 2.88 bits per heavy atom. The first-order chi connectivity index (χ1) is 12.6. The summed E-state index contributed by atoms with van der Waals surface area (Å²) in [5.74, 6) is 0.837. The van der Waals surface area contributed by atoms with Crippen LogP contribution in [0, 0.1) is 5.41 Å². The van der Waals surface area contributed by atoms with Crippen molar-refractivity contribution >= 4 is 39.9 Å². The zero-order valence-corrected chi connectivity index (χ0v) is 14.8. The Balaban J connectivity index is 1.71. The Labute approximate surface area is 155 Å². The number of hydrogen-bond acceptors (Lipinski definition) is 6. The summed E-state index contributed by atoms with van der Waals surface area (Å²) in [5, 5.41) is 13.6. The van der Waals surface area contributed by atoms with Crippen LogP contribution in [0.1, 0.15) is 24.1 Å². The molecule has 0 bridgehead atoms. The zero-order chi connectivity index (χ0) is 18.1. The molecule has 1 aromatic carbocycles.